The van der Waals surface area contributed by atoms with Crippen molar-refractivity contribution in [1.29, 1.82) is 0 Å². The van der Waals surface area contributed by atoms with E-state index in [1.807, 2.05) is 19.9 Å². The minimum atomic E-state index is -4.14. The second kappa shape index (κ2) is 14.6. The first-order valence-electron chi connectivity index (χ1n) is 14.7. The lowest BCUT2D eigenvalue weighted by Gasteiger charge is -2.35. The number of para-hydroxylation sites is 1. The van der Waals surface area contributed by atoms with Gasteiger partial charge in [0, 0.05) is 22.6 Å². The minimum absolute atomic E-state index is 0.0115. The summed E-state index contributed by atoms with van der Waals surface area (Å²) < 4.78 is 29.3. The smallest absolute Gasteiger partial charge is 0.264 e. The highest BCUT2D eigenvalue weighted by molar-refractivity contribution is 7.92. The number of nitrogens with one attached hydrogen (secondary N) is 1. The molecule has 0 unspecified atom stereocenters. The molecule has 1 aliphatic carbocycles. The molecule has 0 radical (unpaired) electrons. The molecule has 0 saturated heterocycles. The molecule has 43 heavy (non-hydrogen) atoms. The maximum Gasteiger partial charge on any atom is 0.264 e. The molecule has 1 atom stereocenters. The molecule has 0 aromatic heterocycles. The van der Waals surface area contributed by atoms with E-state index >= 15 is 0 Å². The van der Waals surface area contributed by atoms with Gasteiger partial charge >= 0.3 is 0 Å². The van der Waals surface area contributed by atoms with Crippen molar-refractivity contribution in [3.63, 3.8) is 0 Å². The van der Waals surface area contributed by atoms with Crippen LogP contribution in [-0.4, -0.2) is 43.8 Å². The van der Waals surface area contributed by atoms with Crippen LogP contribution in [0.25, 0.3) is 0 Å². The molecule has 0 spiro atoms. The molecular weight excluding hydrogens is 605 g/mol. The Labute approximate surface area is 265 Å². The van der Waals surface area contributed by atoms with Crippen LogP contribution in [-0.2, 0) is 26.2 Å². The summed E-state index contributed by atoms with van der Waals surface area (Å²) in [7, 11) is -4.14. The fraction of sp³-hybridized carbons (Fsp3) is 0.394. The van der Waals surface area contributed by atoms with Crippen LogP contribution in [0.2, 0.25) is 10.0 Å². The van der Waals surface area contributed by atoms with Crippen molar-refractivity contribution in [2.45, 2.75) is 82.8 Å². The molecule has 0 bridgehead atoms. The molecule has 1 saturated carbocycles. The standard InChI is InChI=1S/C33H39Cl2N3O4S/c1-4-30(33(40)36-27-11-6-5-7-12-27)37(21-25-16-17-26(34)20-29(25)35)32(39)22-38(31-13-9-8-10-24(31)3)43(41,42)28-18-14-23(2)15-19-28/h8-10,13-20,27,30H,4-7,11-12,21-22H2,1-3H3,(H,36,40)/t30-/m1/s1. The van der Waals surface area contributed by atoms with Crippen LogP contribution in [0.3, 0.4) is 0 Å². The molecule has 1 aliphatic rings. The highest BCUT2D eigenvalue weighted by Gasteiger charge is 2.35. The summed E-state index contributed by atoms with van der Waals surface area (Å²) in [5.74, 6) is -0.771. The van der Waals surface area contributed by atoms with Crippen molar-refractivity contribution in [2.75, 3.05) is 10.8 Å². The third-order valence-electron chi connectivity index (χ3n) is 7.97. The normalized spacial score (nSPS) is 14.6. The first-order valence-corrected chi connectivity index (χ1v) is 16.9. The summed E-state index contributed by atoms with van der Waals surface area (Å²) in [5.41, 5.74) is 2.60. The van der Waals surface area contributed by atoms with E-state index in [1.165, 1.54) is 17.0 Å². The number of halogens is 2. The van der Waals surface area contributed by atoms with E-state index in [1.54, 1.807) is 55.5 Å². The van der Waals surface area contributed by atoms with Crippen molar-refractivity contribution in [3.05, 3.63) is 93.5 Å². The zero-order valence-corrected chi connectivity index (χ0v) is 27.2. The number of aryl methyl sites for hydroxylation is 2. The fourth-order valence-electron chi connectivity index (χ4n) is 5.49. The van der Waals surface area contributed by atoms with E-state index in [-0.39, 0.29) is 23.4 Å². The van der Waals surface area contributed by atoms with Crippen molar-refractivity contribution in [1.82, 2.24) is 10.2 Å². The molecule has 230 valence electrons. The molecule has 4 rings (SSSR count). The predicted octanol–water partition coefficient (Wildman–Crippen LogP) is 7.06. The highest BCUT2D eigenvalue weighted by atomic mass is 35.5. The quantitative estimate of drug-likeness (QED) is 0.242. The number of carbonyl (C=O) groups is 2. The van der Waals surface area contributed by atoms with Gasteiger partial charge in [-0.1, -0.05) is 91.3 Å². The highest BCUT2D eigenvalue weighted by Crippen LogP contribution is 2.29. The molecular formula is C33H39Cl2N3O4S. The van der Waals surface area contributed by atoms with Crippen LogP contribution in [0, 0.1) is 13.8 Å². The summed E-state index contributed by atoms with van der Waals surface area (Å²) in [6, 6.07) is 17.8. The first kappa shape index (κ1) is 32.8. The van der Waals surface area contributed by atoms with Crippen LogP contribution < -0.4 is 9.62 Å². The number of amides is 2. The van der Waals surface area contributed by atoms with Gasteiger partial charge in [-0.2, -0.15) is 0 Å². The Morgan fingerprint density at radius 1 is 0.953 bits per heavy atom. The molecule has 1 N–H and O–H groups in total. The molecule has 0 aliphatic heterocycles. The summed E-state index contributed by atoms with van der Waals surface area (Å²) in [4.78, 5) is 29.5. The minimum Gasteiger partial charge on any atom is -0.352 e. The van der Waals surface area contributed by atoms with Gasteiger partial charge in [0.15, 0.2) is 0 Å². The molecule has 10 heteroatoms. The average Bonchev–Trinajstić information content (AvgIpc) is 2.98. The number of carbonyl (C=O) groups excluding carboxylic acids is 2. The molecule has 0 heterocycles. The lowest BCUT2D eigenvalue weighted by atomic mass is 9.95. The zero-order chi connectivity index (χ0) is 31.1. The lowest BCUT2D eigenvalue weighted by molar-refractivity contribution is -0.140. The Hall–Kier alpha value is -3.07. The largest absolute Gasteiger partial charge is 0.352 e. The Kier molecular flexibility index (Phi) is 11.2. The number of nitrogens with zero attached hydrogens (tertiary/aromatic N) is 2. The van der Waals surface area contributed by atoms with Gasteiger partial charge in [0.2, 0.25) is 11.8 Å². The molecule has 3 aromatic rings. The second-order valence-corrected chi connectivity index (χ2v) is 13.8. The number of hydrogen-bond acceptors (Lipinski definition) is 4. The summed E-state index contributed by atoms with van der Waals surface area (Å²) >= 11 is 12.7. The van der Waals surface area contributed by atoms with Crippen LogP contribution in [0.15, 0.2) is 71.6 Å². The van der Waals surface area contributed by atoms with Gasteiger partial charge in [-0.3, -0.25) is 13.9 Å². The van der Waals surface area contributed by atoms with E-state index in [2.05, 4.69) is 5.32 Å². The molecule has 7 nitrogen and oxygen atoms in total. The van der Waals surface area contributed by atoms with Gasteiger partial charge in [0.1, 0.15) is 12.6 Å². The number of rotatable bonds is 11. The number of hydrogen-bond donors (Lipinski definition) is 1. The maximum atomic E-state index is 14.3. The van der Waals surface area contributed by atoms with Crippen molar-refractivity contribution < 1.29 is 18.0 Å². The van der Waals surface area contributed by atoms with E-state index in [0.29, 0.717) is 33.3 Å². The van der Waals surface area contributed by atoms with Crippen LogP contribution in [0.5, 0.6) is 0 Å². The third-order valence-corrected chi connectivity index (χ3v) is 10.3. The van der Waals surface area contributed by atoms with Gasteiger partial charge in [-0.05, 0) is 74.6 Å². The van der Waals surface area contributed by atoms with Crippen LogP contribution in [0.1, 0.15) is 62.1 Å². The van der Waals surface area contributed by atoms with Gasteiger partial charge < -0.3 is 10.2 Å². The molecule has 2 amide bonds. The predicted molar refractivity (Wildman–Crippen MR) is 173 cm³/mol. The van der Waals surface area contributed by atoms with Crippen molar-refractivity contribution in [2.24, 2.45) is 0 Å². The van der Waals surface area contributed by atoms with Crippen molar-refractivity contribution in [3.8, 4) is 0 Å². The SMILES string of the molecule is CC[C@H](C(=O)NC1CCCCC1)N(Cc1ccc(Cl)cc1Cl)C(=O)CN(c1ccccc1C)S(=O)(=O)c1ccc(C)cc1. The second-order valence-electron chi connectivity index (χ2n) is 11.1. The maximum absolute atomic E-state index is 14.3. The number of anilines is 1. The first-order chi connectivity index (χ1) is 20.5. The Balaban J connectivity index is 1.73. The number of benzene rings is 3. The van der Waals surface area contributed by atoms with Crippen LogP contribution >= 0.6 is 23.2 Å². The zero-order valence-electron chi connectivity index (χ0n) is 24.9. The van der Waals surface area contributed by atoms with Gasteiger partial charge in [-0.25, -0.2) is 8.42 Å². The summed E-state index contributed by atoms with van der Waals surface area (Å²) in [6.45, 7) is 5.03. The van der Waals surface area contributed by atoms with E-state index in [0.717, 1.165) is 42.0 Å². The molecule has 3 aromatic carbocycles. The Morgan fingerprint density at radius 3 is 2.26 bits per heavy atom. The van der Waals surface area contributed by atoms with Crippen LogP contribution in [0.4, 0.5) is 5.69 Å². The van der Waals surface area contributed by atoms with E-state index < -0.39 is 28.5 Å². The van der Waals surface area contributed by atoms with E-state index in [9.17, 15) is 18.0 Å². The average molecular weight is 645 g/mol. The number of sulfonamides is 1. The van der Waals surface area contributed by atoms with Crippen molar-refractivity contribution >= 4 is 50.7 Å². The summed E-state index contributed by atoms with van der Waals surface area (Å²) in [5, 5.41) is 3.96. The van der Waals surface area contributed by atoms with Gasteiger partial charge in [0.05, 0.1) is 10.6 Å². The molecule has 1 fully saturated rings. The Morgan fingerprint density at radius 2 is 1.63 bits per heavy atom. The topological polar surface area (TPSA) is 86.8 Å². The lowest BCUT2D eigenvalue weighted by Crippen LogP contribution is -2.54. The van der Waals surface area contributed by atoms with Gasteiger partial charge in [-0.15, -0.1) is 0 Å². The third kappa shape index (κ3) is 8.11. The Bertz CT molecular complexity index is 1540. The summed E-state index contributed by atoms with van der Waals surface area (Å²) in [6.07, 6.45) is 5.38. The van der Waals surface area contributed by atoms with E-state index in [4.69, 9.17) is 23.2 Å². The van der Waals surface area contributed by atoms with Gasteiger partial charge in [0.25, 0.3) is 10.0 Å². The monoisotopic (exact) mass is 643 g/mol. The fourth-order valence-corrected chi connectivity index (χ4v) is 7.44.